The number of hydrogen-bond acceptors (Lipinski definition) is 4. The van der Waals surface area contributed by atoms with E-state index in [0.29, 0.717) is 16.9 Å². The summed E-state index contributed by atoms with van der Waals surface area (Å²) in [4.78, 5) is 14.2. The van der Waals surface area contributed by atoms with E-state index in [0.717, 1.165) is 18.8 Å². The Balaban J connectivity index is 1.93. The molecule has 6 heteroatoms. The van der Waals surface area contributed by atoms with Crippen molar-refractivity contribution in [1.29, 1.82) is 0 Å². The van der Waals surface area contributed by atoms with Gasteiger partial charge in [0.25, 0.3) is 5.69 Å². The zero-order chi connectivity index (χ0) is 14.5. The van der Waals surface area contributed by atoms with Crippen LogP contribution in [0.3, 0.4) is 0 Å². The molecular formula is C14H20ClN3O2. The highest BCUT2D eigenvalue weighted by Crippen LogP contribution is 2.31. The fraction of sp³-hybridized carbons (Fsp3) is 0.643. The summed E-state index contributed by atoms with van der Waals surface area (Å²) in [6.07, 6.45) is 8.49. The zero-order valence-corrected chi connectivity index (χ0v) is 12.4. The van der Waals surface area contributed by atoms with Gasteiger partial charge in [-0.05, 0) is 31.6 Å². The van der Waals surface area contributed by atoms with Gasteiger partial charge in [-0.25, -0.2) is 4.98 Å². The number of anilines is 1. The van der Waals surface area contributed by atoms with Crippen molar-refractivity contribution in [3.63, 3.8) is 0 Å². The number of nitrogens with one attached hydrogen (secondary N) is 1. The van der Waals surface area contributed by atoms with Gasteiger partial charge < -0.3 is 5.32 Å². The molecule has 0 aliphatic heterocycles. The first-order valence-electron chi connectivity index (χ1n) is 7.16. The van der Waals surface area contributed by atoms with E-state index in [4.69, 9.17) is 11.6 Å². The number of hydrogen-bond donors (Lipinski definition) is 1. The molecule has 0 bridgehead atoms. The van der Waals surface area contributed by atoms with Gasteiger partial charge in [-0.3, -0.25) is 10.1 Å². The Morgan fingerprint density at radius 3 is 2.70 bits per heavy atom. The van der Waals surface area contributed by atoms with E-state index >= 15 is 0 Å². The lowest BCUT2D eigenvalue weighted by atomic mass is 9.83. The van der Waals surface area contributed by atoms with Crippen LogP contribution >= 0.6 is 11.6 Å². The first kappa shape index (κ1) is 15.0. The molecule has 0 spiro atoms. The van der Waals surface area contributed by atoms with Crippen LogP contribution in [-0.4, -0.2) is 15.9 Å². The number of pyridine rings is 1. The van der Waals surface area contributed by atoms with E-state index in [-0.39, 0.29) is 5.69 Å². The average molecular weight is 298 g/mol. The molecule has 0 radical (unpaired) electrons. The lowest BCUT2D eigenvalue weighted by molar-refractivity contribution is -0.385. The second kappa shape index (κ2) is 6.88. The first-order valence-corrected chi connectivity index (χ1v) is 7.54. The monoisotopic (exact) mass is 297 g/mol. The van der Waals surface area contributed by atoms with Crippen molar-refractivity contribution >= 4 is 23.1 Å². The summed E-state index contributed by atoms with van der Waals surface area (Å²) in [7, 11) is 0. The predicted octanol–water partition coefficient (Wildman–Crippen LogP) is 4.41. The average Bonchev–Trinajstić information content (AvgIpc) is 2.43. The topological polar surface area (TPSA) is 68.1 Å². The van der Waals surface area contributed by atoms with Crippen LogP contribution in [0.2, 0.25) is 5.02 Å². The standard InChI is InChI=1S/C14H20ClN3O2/c1-2-3-10-4-6-11(7-5-10)17-14-13(15)8-12(9-16-14)18(19)20/h8-11H,2-7H2,1H3,(H,16,17). The van der Waals surface area contributed by atoms with E-state index in [1.54, 1.807) is 0 Å². The largest absolute Gasteiger partial charge is 0.366 e. The number of nitrogens with zero attached hydrogens (tertiary/aromatic N) is 2. The SMILES string of the molecule is CCCC1CCC(Nc2ncc([N+](=O)[O-])cc2Cl)CC1. The van der Waals surface area contributed by atoms with E-state index in [2.05, 4.69) is 17.2 Å². The lowest BCUT2D eigenvalue weighted by Crippen LogP contribution is -2.26. The molecule has 0 saturated heterocycles. The normalized spacial score (nSPS) is 22.5. The van der Waals surface area contributed by atoms with Crippen LogP contribution in [-0.2, 0) is 0 Å². The molecule has 1 heterocycles. The quantitative estimate of drug-likeness (QED) is 0.645. The van der Waals surface area contributed by atoms with E-state index in [1.807, 2.05) is 0 Å². The molecule has 1 aromatic rings. The minimum atomic E-state index is -0.487. The van der Waals surface area contributed by atoms with Gasteiger partial charge in [-0.2, -0.15) is 0 Å². The van der Waals surface area contributed by atoms with Crippen LogP contribution in [0.5, 0.6) is 0 Å². The smallest absolute Gasteiger partial charge is 0.289 e. The first-order chi connectivity index (χ1) is 9.60. The highest BCUT2D eigenvalue weighted by atomic mass is 35.5. The minimum absolute atomic E-state index is 0.0767. The number of halogens is 1. The van der Waals surface area contributed by atoms with E-state index < -0.39 is 4.92 Å². The third kappa shape index (κ3) is 3.82. The van der Waals surface area contributed by atoms with Gasteiger partial charge in [0, 0.05) is 12.1 Å². The van der Waals surface area contributed by atoms with Crippen molar-refractivity contribution < 1.29 is 4.92 Å². The Morgan fingerprint density at radius 1 is 1.45 bits per heavy atom. The van der Waals surface area contributed by atoms with Crippen molar-refractivity contribution in [1.82, 2.24) is 4.98 Å². The molecule has 0 atom stereocenters. The maximum absolute atomic E-state index is 10.6. The number of rotatable bonds is 5. The van der Waals surface area contributed by atoms with Crippen molar-refractivity contribution in [3.05, 3.63) is 27.4 Å². The Labute approximate surface area is 123 Å². The highest BCUT2D eigenvalue weighted by molar-refractivity contribution is 6.33. The van der Waals surface area contributed by atoms with Crippen LogP contribution < -0.4 is 5.32 Å². The van der Waals surface area contributed by atoms with Gasteiger partial charge in [0.05, 0.1) is 9.95 Å². The summed E-state index contributed by atoms with van der Waals surface area (Å²) in [5, 5.41) is 14.3. The maximum Gasteiger partial charge on any atom is 0.289 e. The molecule has 1 aliphatic rings. The summed E-state index contributed by atoms with van der Waals surface area (Å²) in [5.41, 5.74) is -0.0767. The minimum Gasteiger partial charge on any atom is -0.366 e. The molecular weight excluding hydrogens is 278 g/mol. The van der Waals surface area contributed by atoms with E-state index in [1.165, 1.54) is 37.9 Å². The Morgan fingerprint density at radius 2 is 2.15 bits per heavy atom. The van der Waals surface area contributed by atoms with E-state index in [9.17, 15) is 10.1 Å². The van der Waals surface area contributed by atoms with Gasteiger partial charge in [-0.1, -0.05) is 31.4 Å². The summed E-state index contributed by atoms with van der Waals surface area (Å²) >= 11 is 6.04. The van der Waals surface area contributed by atoms with Crippen molar-refractivity contribution in [2.75, 3.05) is 5.32 Å². The molecule has 20 heavy (non-hydrogen) atoms. The zero-order valence-electron chi connectivity index (χ0n) is 11.6. The maximum atomic E-state index is 10.6. The third-order valence-corrected chi connectivity index (χ3v) is 4.21. The molecule has 1 fully saturated rings. The summed E-state index contributed by atoms with van der Waals surface area (Å²) in [5.74, 6) is 1.40. The predicted molar refractivity (Wildman–Crippen MR) is 80.2 cm³/mol. The Bertz CT molecular complexity index is 473. The van der Waals surface area contributed by atoms with Gasteiger partial charge in [0.1, 0.15) is 12.0 Å². The molecule has 5 nitrogen and oxygen atoms in total. The van der Waals surface area contributed by atoms with Crippen LogP contribution in [0.15, 0.2) is 12.3 Å². The Hall–Kier alpha value is -1.36. The van der Waals surface area contributed by atoms with Crippen LogP contribution in [0, 0.1) is 16.0 Å². The summed E-state index contributed by atoms with van der Waals surface area (Å²) in [6, 6.07) is 1.72. The molecule has 0 unspecified atom stereocenters. The second-order valence-electron chi connectivity index (χ2n) is 5.43. The fourth-order valence-electron chi connectivity index (χ4n) is 2.83. The molecule has 110 valence electrons. The van der Waals surface area contributed by atoms with Crippen molar-refractivity contribution in [3.8, 4) is 0 Å². The van der Waals surface area contributed by atoms with Gasteiger partial charge >= 0.3 is 0 Å². The molecule has 1 aliphatic carbocycles. The van der Waals surface area contributed by atoms with Crippen LogP contribution in [0.4, 0.5) is 11.5 Å². The van der Waals surface area contributed by atoms with Crippen LogP contribution in [0.1, 0.15) is 45.4 Å². The van der Waals surface area contributed by atoms with Gasteiger partial charge in [0.15, 0.2) is 0 Å². The Kier molecular flexibility index (Phi) is 5.17. The highest BCUT2D eigenvalue weighted by Gasteiger charge is 2.21. The second-order valence-corrected chi connectivity index (χ2v) is 5.84. The fourth-order valence-corrected chi connectivity index (χ4v) is 3.05. The van der Waals surface area contributed by atoms with Gasteiger partial charge in [0.2, 0.25) is 0 Å². The van der Waals surface area contributed by atoms with Crippen LogP contribution in [0.25, 0.3) is 0 Å². The molecule has 2 rings (SSSR count). The number of nitro groups is 1. The summed E-state index contributed by atoms with van der Waals surface area (Å²) < 4.78 is 0. The molecule has 1 saturated carbocycles. The third-order valence-electron chi connectivity index (χ3n) is 3.92. The van der Waals surface area contributed by atoms with Crippen molar-refractivity contribution in [2.45, 2.75) is 51.5 Å². The lowest BCUT2D eigenvalue weighted by Gasteiger charge is -2.29. The van der Waals surface area contributed by atoms with Gasteiger partial charge in [-0.15, -0.1) is 0 Å². The molecule has 0 amide bonds. The van der Waals surface area contributed by atoms with Crippen molar-refractivity contribution in [2.24, 2.45) is 5.92 Å². The summed E-state index contributed by atoms with van der Waals surface area (Å²) in [6.45, 7) is 2.23. The molecule has 1 N–H and O–H groups in total. The molecule has 1 aromatic heterocycles. The molecule has 0 aromatic carbocycles. The number of aromatic nitrogens is 1.